The third kappa shape index (κ3) is 3.89. The second-order valence-electron chi connectivity index (χ2n) is 7.43. The first-order valence-electron chi connectivity index (χ1n) is 10.2. The maximum absolute atomic E-state index is 13.0. The van der Waals surface area contributed by atoms with Crippen LogP contribution in [0.25, 0.3) is 11.5 Å². The van der Waals surface area contributed by atoms with Gasteiger partial charge in [-0.05, 0) is 49.4 Å². The van der Waals surface area contributed by atoms with Crippen molar-refractivity contribution in [1.82, 2.24) is 34.7 Å². The fourth-order valence-electron chi connectivity index (χ4n) is 3.68. The standard InChI is InChI=1S/C22H22N8O/c1-17-8-11-30(26-17)21-7-6-20(24-25-21)27-12-14-28(15-13-27)22(31)18-4-2-5-19(16-18)29-10-3-9-23-29/h2-11,16H,12-15H2,1H3. The van der Waals surface area contributed by atoms with Gasteiger partial charge in [-0.1, -0.05) is 6.07 Å². The Morgan fingerprint density at radius 2 is 1.68 bits per heavy atom. The molecule has 31 heavy (non-hydrogen) atoms. The molecule has 1 aliphatic rings. The first-order valence-corrected chi connectivity index (χ1v) is 10.2. The van der Waals surface area contributed by atoms with Crippen molar-refractivity contribution in [3.63, 3.8) is 0 Å². The predicted molar refractivity (Wildman–Crippen MR) is 116 cm³/mol. The summed E-state index contributed by atoms with van der Waals surface area (Å²) in [5.41, 5.74) is 2.47. The van der Waals surface area contributed by atoms with Crippen LogP contribution in [-0.4, -0.2) is 66.7 Å². The smallest absolute Gasteiger partial charge is 0.254 e. The number of anilines is 1. The van der Waals surface area contributed by atoms with Crippen LogP contribution in [0.1, 0.15) is 16.1 Å². The lowest BCUT2D eigenvalue weighted by Crippen LogP contribution is -2.49. The summed E-state index contributed by atoms with van der Waals surface area (Å²) in [5.74, 6) is 1.52. The third-order valence-corrected chi connectivity index (χ3v) is 5.35. The zero-order valence-electron chi connectivity index (χ0n) is 17.2. The summed E-state index contributed by atoms with van der Waals surface area (Å²) in [5, 5.41) is 17.2. The number of amides is 1. The zero-order valence-corrected chi connectivity index (χ0v) is 17.2. The minimum absolute atomic E-state index is 0.0316. The Balaban J connectivity index is 1.23. The third-order valence-electron chi connectivity index (χ3n) is 5.35. The quantitative estimate of drug-likeness (QED) is 0.509. The van der Waals surface area contributed by atoms with E-state index in [1.165, 1.54) is 0 Å². The summed E-state index contributed by atoms with van der Waals surface area (Å²) < 4.78 is 3.46. The number of aryl methyl sites for hydroxylation is 1. The number of hydrogen-bond acceptors (Lipinski definition) is 6. The molecule has 9 heteroatoms. The highest BCUT2D eigenvalue weighted by molar-refractivity contribution is 5.95. The van der Waals surface area contributed by atoms with Crippen molar-refractivity contribution in [1.29, 1.82) is 0 Å². The average molecular weight is 414 g/mol. The van der Waals surface area contributed by atoms with E-state index in [0.717, 1.165) is 17.2 Å². The monoisotopic (exact) mass is 414 g/mol. The van der Waals surface area contributed by atoms with Crippen molar-refractivity contribution in [2.45, 2.75) is 6.92 Å². The molecule has 0 N–H and O–H groups in total. The second kappa shape index (κ2) is 8.02. The van der Waals surface area contributed by atoms with Gasteiger partial charge in [0.15, 0.2) is 11.6 Å². The lowest BCUT2D eigenvalue weighted by atomic mass is 10.1. The summed E-state index contributed by atoms with van der Waals surface area (Å²) >= 11 is 0. The van der Waals surface area contributed by atoms with E-state index >= 15 is 0 Å². The van der Waals surface area contributed by atoms with Crippen LogP contribution in [0.3, 0.4) is 0 Å². The van der Waals surface area contributed by atoms with Crippen molar-refractivity contribution in [3.8, 4) is 11.5 Å². The number of aromatic nitrogens is 6. The van der Waals surface area contributed by atoms with Crippen molar-refractivity contribution >= 4 is 11.7 Å². The number of carbonyl (C=O) groups is 1. The van der Waals surface area contributed by atoms with Gasteiger partial charge in [-0.25, -0.2) is 9.36 Å². The normalized spacial score (nSPS) is 14.1. The molecule has 1 fully saturated rings. The van der Waals surface area contributed by atoms with E-state index in [4.69, 9.17) is 0 Å². The van der Waals surface area contributed by atoms with Crippen LogP contribution in [0.2, 0.25) is 0 Å². The van der Waals surface area contributed by atoms with Gasteiger partial charge >= 0.3 is 0 Å². The van der Waals surface area contributed by atoms with Crippen molar-refractivity contribution < 1.29 is 4.79 Å². The largest absolute Gasteiger partial charge is 0.352 e. The molecule has 9 nitrogen and oxygen atoms in total. The Bertz CT molecular complexity index is 1170. The molecule has 1 aromatic carbocycles. The fourth-order valence-corrected chi connectivity index (χ4v) is 3.68. The molecule has 0 aliphatic carbocycles. The second-order valence-corrected chi connectivity index (χ2v) is 7.43. The number of hydrogen-bond donors (Lipinski definition) is 0. The number of piperazine rings is 1. The van der Waals surface area contributed by atoms with Gasteiger partial charge in [-0.2, -0.15) is 10.2 Å². The first kappa shape index (κ1) is 19.0. The average Bonchev–Trinajstić information content (AvgIpc) is 3.51. The lowest BCUT2D eigenvalue weighted by Gasteiger charge is -2.35. The highest BCUT2D eigenvalue weighted by atomic mass is 16.2. The van der Waals surface area contributed by atoms with Gasteiger partial charge < -0.3 is 9.80 Å². The van der Waals surface area contributed by atoms with Gasteiger partial charge in [0.1, 0.15) is 0 Å². The molecule has 4 heterocycles. The Morgan fingerprint density at radius 1 is 0.871 bits per heavy atom. The molecular weight excluding hydrogens is 392 g/mol. The van der Waals surface area contributed by atoms with Crippen LogP contribution < -0.4 is 4.90 Å². The van der Waals surface area contributed by atoms with Crippen LogP contribution in [0.15, 0.2) is 67.1 Å². The van der Waals surface area contributed by atoms with Crippen LogP contribution in [0.4, 0.5) is 5.82 Å². The minimum Gasteiger partial charge on any atom is -0.352 e. The van der Waals surface area contributed by atoms with Crippen LogP contribution in [-0.2, 0) is 0 Å². The van der Waals surface area contributed by atoms with Crippen LogP contribution in [0.5, 0.6) is 0 Å². The molecule has 0 radical (unpaired) electrons. The SMILES string of the molecule is Cc1ccn(-c2ccc(N3CCN(C(=O)c4cccc(-n5cccn5)c4)CC3)nn2)n1. The zero-order chi connectivity index (χ0) is 21.2. The summed E-state index contributed by atoms with van der Waals surface area (Å²) in [6, 6.07) is 15.2. The van der Waals surface area contributed by atoms with Gasteiger partial charge in [-0.3, -0.25) is 4.79 Å². The van der Waals surface area contributed by atoms with Crippen LogP contribution >= 0.6 is 0 Å². The van der Waals surface area contributed by atoms with E-state index < -0.39 is 0 Å². The minimum atomic E-state index is 0.0316. The highest BCUT2D eigenvalue weighted by Crippen LogP contribution is 2.17. The summed E-state index contributed by atoms with van der Waals surface area (Å²) in [4.78, 5) is 17.0. The van der Waals surface area contributed by atoms with Gasteiger partial charge in [0.05, 0.1) is 11.4 Å². The van der Waals surface area contributed by atoms with E-state index in [0.29, 0.717) is 37.6 Å². The Labute approximate surface area is 179 Å². The van der Waals surface area contributed by atoms with Gasteiger partial charge in [0.2, 0.25) is 0 Å². The van der Waals surface area contributed by atoms with Crippen molar-refractivity contribution in [2.75, 3.05) is 31.1 Å². The van der Waals surface area contributed by atoms with E-state index in [-0.39, 0.29) is 5.91 Å². The maximum Gasteiger partial charge on any atom is 0.254 e. The molecule has 1 aliphatic heterocycles. The van der Waals surface area contributed by atoms with Gasteiger partial charge in [0.25, 0.3) is 5.91 Å². The molecule has 3 aromatic heterocycles. The molecule has 0 atom stereocenters. The molecule has 4 aromatic rings. The predicted octanol–water partition coefficient (Wildman–Crippen LogP) is 2.12. The topological polar surface area (TPSA) is 85.0 Å². The number of nitrogens with zero attached hydrogens (tertiary/aromatic N) is 8. The molecule has 0 unspecified atom stereocenters. The molecule has 0 saturated carbocycles. The molecule has 1 saturated heterocycles. The van der Waals surface area contributed by atoms with Gasteiger partial charge in [0, 0.05) is 50.3 Å². The lowest BCUT2D eigenvalue weighted by molar-refractivity contribution is 0.0746. The molecular formula is C22H22N8O. The van der Waals surface area contributed by atoms with Crippen LogP contribution in [0, 0.1) is 6.92 Å². The molecule has 0 spiro atoms. The summed E-state index contributed by atoms with van der Waals surface area (Å²) in [7, 11) is 0. The first-order chi connectivity index (χ1) is 15.2. The number of rotatable bonds is 4. The fraction of sp³-hybridized carbons (Fsp3) is 0.227. The van der Waals surface area contributed by atoms with Gasteiger partial charge in [-0.15, -0.1) is 10.2 Å². The van der Waals surface area contributed by atoms with E-state index in [1.807, 2.05) is 72.7 Å². The molecule has 5 rings (SSSR count). The number of carbonyl (C=O) groups excluding carboxylic acids is 1. The van der Waals surface area contributed by atoms with E-state index in [9.17, 15) is 4.79 Å². The summed E-state index contributed by atoms with van der Waals surface area (Å²) in [6.07, 6.45) is 5.45. The molecule has 0 bridgehead atoms. The van der Waals surface area contributed by atoms with E-state index in [2.05, 4.69) is 25.3 Å². The van der Waals surface area contributed by atoms with Crippen molar-refractivity contribution in [2.24, 2.45) is 0 Å². The maximum atomic E-state index is 13.0. The number of benzene rings is 1. The van der Waals surface area contributed by atoms with E-state index in [1.54, 1.807) is 15.6 Å². The Kier molecular flexibility index (Phi) is 4.91. The molecule has 156 valence electrons. The highest BCUT2D eigenvalue weighted by Gasteiger charge is 2.23. The van der Waals surface area contributed by atoms with Crippen molar-refractivity contribution in [3.05, 3.63) is 78.4 Å². The molecule has 1 amide bonds. The Hall–Kier alpha value is -4.01. The summed E-state index contributed by atoms with van der Waals surface area (Å²) in [6.45, 7) is 4.62. The Morgan fingerprint density at radius 3 is 2.35 bits per heavy atom.